The molecule has 0 spiro atoms. The smallest absolute Gasteiger partial charge is 0.155 e. The second kappa shape index (κ2) is 5.00. The van der Waals surface area contributed by atoms with Crippen LogP contribution < -0.4 is 0 Å². The Morgan fingerprint density at radius 2 is 1.95 bits per heavy atom. The lowest BCUT2D eigenvalue weighted by Crippen LogP contribution is -2.12. The van der Waals surface area contributed by atoms with Crippen LogP contribution >= 0.6 is 0 Å². The maximum atomic E-state index is 11.9. The predicted octanol–water partition coefficient (Wildman–Crippen LogP) is 3.47. The topological polar surface area (TPSA) is 39.1 Å². The molecule has 0 saturated carbocycles. The molecule has 0 atom stereocenters. The van der Waals surface area contributed by atoms with Gasteiger partial charge in [-0.1, -0.05) is 25.1 Å². The van der Waals surface area contributed by atoms with Crippen molar-refractivity contribution in [3.63, 3.8) is 0 Å². The van der Waals surface area contributed by atoms with Crippen LogP contribution in [0.1, 0.15) is 38.1 Å². The first-order chi connectivity index (χ1) is 8.85. The van der Waals surface area contributed by atoms with E-state index in [1.165, 1.54) is 5.56 Å². The van der Waals surface area contributed by atoms with Crippen molar-refractivity contribution in [2.75, 3.05) is 5.75 Å². The Morgan fingerprint density at radius 3 is 2.53 bits per heavy atom. The van der Waals surface area contributed by atoms with Gasteiger partial charge in [0.15, 0.2) is 9.84 Å². The standard InChI is InChI=1S/C15H21NO2S/c1-5-19(17,18)10-14-9-13-8-6-7-12(4)15(13)16(14)11(2)3/h6-9,11H,5,10H2,1-4H3. The fourth-order valence-corrected chi connectivity index (χ4v) is 3.43. The molecule has 0 aliphatic carbocycles. The summed E-state index contributed by atoms with van der Waals surface area (Å²) in [6.45, 7) is 7.95. The molecule has 1 aromatic carbocycles. The van der Waals surface area contributed by atoms with Gasteiger partial charge in [-0.2, -0.15) is 0 Å². The number of para-hydroxylation sites is 1. The number of rotatable bonds is 4. The molecular formula is C15H21NO2S. The molecule has 4 heteroatoms. The van der Waals surface area contributed by atoms with Gasteiger partial charge >= 0.3 is 0 Å². The van der Waals surface area contributed by atoms with Gasteiger partial charge in [0.05, 0.1) is 11.3 Å². The highest BCUT2D eigenvalue weighted by molar-refractivity contribution is 7.90. The van der Waals surface area contributed by atoms with E-state index in [0.717, 1.165) is 16.6 Å². The minimum absolute atomic E-state index is 0.121. The summed E-state index contributed by atoms with van der Waals surface area (Å²) >= 11 is 0. The highest BCUT2D eigenvalue weighted by Crippen LogP contribution is 2.28. The fraction of sp³-hybridized carbons (Fsp3) is 0.467. The molecule has 0 aliphatic rings. The first-order valence-corrected chi connectivity index (χ1v) is 8.47. The van der Waals surface area contributed by atoms with Crippen molar-refractivity contribution < 1.29 is 8.42 Å². The Hall–Kier alpha value is -1.29. The lowest BCUT2D eigenvalue weighted by Gasteiger charge is -2.15. The number of fused-ring (bicyclic) bond motifs is 1. The van der Waals surface area contributed by atoms with Crippen molar-refractivity contribution in [1.29, 1.82) is 0 Å². The number of hydrogen-bond acceptors (Lipinski definition) is 2. The zero-order valence-corrected chi connectivity index (χ0v) is 12.8. The molecule has 0 radical (unpaired) electrons. The average Bonchev–Trinajstić information content (AvgIpc) is 2.67. The summed E-state index contributed by atoms with van der Waals surface area (Å²) in [5.41, 5.74) is 3.23. The van der Waals surface area contributed by atoms with Gasteiger partial charge in [0.2, 0.25) is 0 Å². The zero-order valence-electron chi connectivity index (χ0n) is 12.0. The van der Waals surface area contributed by atoms with E-state index >= 15 is 0 Å². The number of aromatic nitrogens is 1. The molecule has 104 valence electrons. The fourth-order valence-electron chi connectivity index (χ4n) is 2.55. The van der Waals surface area contributed by atoms with E-state index in [0.29, 0.717) is 0 Å². The Labute approximate surface area is 115 Å². The lowest BCUT2D eigenvalue weighted by molar-refractivity contribution is 0.581. The van der Waals surface area contributed by atoms with Gasteiger partial charge in [-0.25, -0.2) is 8.42 Å². The van der Waals surface area contributed by atoms with E-state index in [1.807, 2.05) is 18.2 Å². The molecule has 1 aromatic heterocycles. The maximum absolute atomic E-state index is 11.9. The van der Waals surface area contributed by atoms with Crippen LogP contribution in [0.4, 0.5) is 0 Å². The van der Waals surface area contributed by atoms with Crippen molar-refractivity contribution >= 4 is 20.7 Å². The second-order valence-electron chi connectivity index (χ2n) is 5.29. The molecule has 2 rings (SSSR count). The van der Waals surface area contributed by atoms with Crippen LogP contribution in [0.25, 0.3) is 10.9 Å². The van der Waals surface area contributed by atoms with Crippen molar-refractivity contribution in [1.82, 2.24) is 4.57 Å². The first kappa shape index (κ1) is 14.1. The molecule has 19 heavy (non-hydrogen) atoms. The molecule has 0 N–H and O–H groups in total. The molecule has 0 aliphatic heterocycles. The summed E-state index contributed by atoms with van der Waals surface area (Å²) in [6.07, 6.45) is 0. The summed E-state index contributed by atoms with van der Waals surface area (Å²) in [7, 11) is -3.01. The Kier molecular flexibility index (Phi) is 3.72. The van der Waals surface area contributed by atoms with Crippen LogP contribution in [0.15, 0.2) is 24.3 Å². The molecule has 0 amide bonds. The first-order valence-electron chi connectivity index (χ1n) is 6.65. The van der Waals surface area contributed by atoms with E-state index in [4.69, 9.17) is 0 Å². The monoisotopic (exact) mass is 279 g/mol. The number of nitrogens with zero attached hydrogens (tertiary/aromatic N) is 1. The minimum atomic E-state index is -3.01. The summed E-state index contributed by atoms with van der Waals surface area (Å²) in [5, 5.41) is 1.12. The normalized spacial score (nSPS) is 12.5. The third-order valence-electron chi connectivity index (χ3n) is 3.47. The van der Waals surface area contributed by atoms with Gasteiger partial charge in [-0.05, 0) is 32.4 Å². The average molecular weight is 279 g/mol. The van der Waals surface area contributed by atoms with Crippen molar-refractivity contribution in [2.24, 2.45) is 0 Å². The lowest BCUT2D eigenvalue weighted by atomic mass is 10.1. The van der Waals surface area contributed by atoms with E-state index in [-0.39, 0.29) is 17.5 Å². The summed E-state index contributed by atoms with van der Waals surface area (Å²) < 4.78 is 25.9. The molecule has 2 aromatic rings. The summed E-state index contributed by atoms with van der Waals surface area (Å²) in [4.78, 5) is 0. The third kappa shape index (κ3) is 2.68. The molecule has 0 saturated heterocycles. The van der Waals surface area contributed by atoms with Crippen LogP contribution in [-0.4, -0.2) is 18.7 Å². The van der Waals surface area contributed by atoms with Gasteiger partial charge in [0.1, 0.15) is 0 Å². The molecule has 0 bridgehead atoms. The Balaban J connectivity index is 2.68. The van der Waals surface area contributed by atoms with Crippen LogP contribution in [0.2, 0.25) is 0 Å². The van der Waals surface area contributed by atoms with E-state index in [1.54, 1.807) is 6.92 Å². The quantitative estimate of drug-likeness (QED) is 0.859. The van der Waals surface area contributed by atoms with Crippen molar-refractivity contribution in [3.8, 4) is 0 Å². The molecule has 0 fully saturated rings. The maximum Gasteiger partial charge on any atom is 0.155 e. The summed E-state index contributed by atoms with van der Waals surface area (Å²) in [5.74, 6) is 0.307. The van der Waals surface area contributed by atoms with Gasteiger partial charge in [0, 0.05) is 22.9 Å². The Morgan fingerprint density at radius 1 is 1.26 bits per heavy atom. The SMILES string of the molecule is CCS(=O)(=O)Cc1cc2cccc(C)c2n1C(C)C. The van der Waals surface area contributed by atoms with Gasteiger partial charge in [-0.3, -0.25) is 0 Å². The van der Waals surface area contributed by atoms with Crippen molar-refractivity contribution in [2.45, 2.75) is 39.5 Å². The number of aryl methyl sites for hydroxylation is 1. The molecule has 1 heterocycles. The number of sulfone groups is 1. The van der Waals surface area contributed by atoms with Gasteiger partial charge in [0.25, 0.3) is 0 Å². The van der Waals surface area contributed by atoms with Gasteiger partial charge in [-0.15, -0.1) is 0 Å². The molecule has 0 unspecified atom stereocenters. The largest absolute Gasteiger partial charge is 0.341 e. The van der Waals surface area contributed by atoms with Crippen LogP contribution in [0.5, 0.6) is 0 Å². The predicted molar refractivity (Wildman–Crippen MR) is 80.2 cm³/mol. The minimum Gasteiger partial charge on any atom is -0.341 e. The van der Waals surface area contributed by atoms with Crippen LogP contribution in [-0.2, 0) is 15.6 Å². The zero-order chi connectivity index (χ0) is 14.2. The van der Waals surface area contributed by atoms with E-state index in [9.17, 15) is 8.42 Å². The Bertz CT molecular complexity index is 696. The van der Waals surface area contributed by atoms with Crippen LogP contribution in [0, 0.1) is 6.92 Å². The highest BCUT2D eigenvalue weighted by Gasteiger charge is 2.17. The number of benzene rings is 1. The second-order valence-corrected chi connectivity index (χ2v) is 7.64. The van der Waals surface area contributed by atoms with E-state index in [2.05, 4.69) is 31.4 Å². The third-order valence-corrected chi connectivity index (χ3v) is 5.08. The molecule has 3 nitrogen and oxygen atoms in total. The van der Waals surface area contributed by atoms with Crippen molar-refractivity contribution in [3.05, 3.63) is 35.5 Å². The summed E-state index contributed by atoms with van der Waals surface area (Å²) in [6, 6.07) is 8.39. The van der Waals surface area contributed by atoms with E-state index < -0.39 is 9.84 Å². The highest BCUT2D eigenvalue weighted by atomic mass is 32.2. The molecular weight excluding hydrogens is 258 g/mol. The van der Waals surface area contributed by atoms with Gasteiger partial charge < -0.3 is 4.57 Å². The number of hydrogen-bond donors (Lipinski definition) is 0. The van der Waals surface area contributed by atoms with Crippen LogP contribution in [0.3, 0.4) is 0 Å².